The maximum Gasteiger partial charge on any atom is 0.257 e. The molecule has 7 heteroatoms. The number of aromatic nitrogens is 4. The predicted molar refractivity (Wildman–Crippen MR) is 86.7 cm³/mol. The van der Waals surface area contributed by atoms with Gasteiger partial charge in [0.15, 0.2) is 0 Å². The number of nitrogens with two attached hydrogens (primary N) is 1. The van der Waals surface area contributed by atoms with Gasteiger partial charge < -0.3 is 10.6 Å². The molecular weight excluding hydrogens is 292 g/mol. The van der Waals surface area contributed by atoms with Gasteiger partial charge in [0.1, 0.15) is 0 Å². The van der Waals surface area contributed by atoms with Crippen molar-refractivity contribution in [1.29, 1.82) is 0 Å². The van der Waals surface area contributed by atoms with E-state index in [0.29, 0.717) is 11.3 Å². The number of carbonyl (C=O) groups excluding carboxylic acids is 1. The fourth-order valence-corrected chi connectivity index (χ4v) is 3.13. The fraction of sp³-hybridized carbons (Fsp3) is 0.500. The molecule has 0 saturated carbocycles. The molecule has 0 radical (unpaired) electrons. The van der Waals surface area contributed by atoms with Crippen molar-refractivity contribution in [2.75, 3.05) is 12.3 Å². The van der Waals surface area contributed by atoms with Crippen LogP contribution in [0.25, 0.3) is 0 Å². The highest BCUT2D eigenvalue weighted by molar-refractivity contribution is 5.95. The van der Waals surface area contributed by atoms with Crippen LogP contribution in [0, 0.1) is 6.92 Å². The van der Waals surface area contributed by atoms with E-state index in [1.807, 2.05) is 21.8 Å². The number of amides is 1. The molecule has 1 aliphatic heterocycles. The third-order valence-electron chi connectivity index (χ3n) is 4.37. The predicted octanol–water partition coefficient (Wildman–Crippen LogP) is 1.65. The van der Waals surface area contributed by atoms with Crippen molar-refractivity contribution in [1.82, 2.24) is 24.6 Å². The van der Waals surface area contributed by atoms with Crippen LogP contribution < -0.4 is 5.73 Å². The van der Waals surface area contributed by atoms with Gasteiger partial charge >= 0.3 is 0 Å². The lowest BCUT2D eigenvalue weighted by atomic mass is 9.98. The maximum atomic E-state index is 12.9. The minimum absolute atomic E-state index is 0.00710. The molecule has 1 saturated heterocycles. The Hall–Kier alpha value is -2.44. The van der Waals surface area contributed by atoms with Gasteiger partial charge in [-0.25, -0.2) is 9.97 Å². The first kappa shape index (κ1) is 15.5. The largest absolute Gasteiger partial charge is 0.368 e. The number of piperidine rings is 1. The summed E-state index contributed by atoms with van der Waals surface area (Å²) in [5, 5.41) is 4.23. The van der Waals surface area contributed by atoms with Crippen LogP contribution in [0.15, 0.2) is 24.7 Å². The van der Waals surface area contributed by atoms with Gasteiger partial charge in [0, 0.05) is 37.7 Å². The number of nitrogens with zero attached hydrogens (tertiary/aromatic N) is 5. The Balaban J connectivity index is 1.73. The van der Waals surface area contributed by atoms with Crippen molar-refractivity contribution in [3.05, 3.63) is 35.9 Å². The molecule has 2 aromatic rings. The van der Waals surface area contributed by atoms with Crippen LogP contribution in [0.5, 0.6) is 0 Å². The molecule has 122 valence electrons. The normalized spacial score (nSPS) is 18.1. The van der Waals surface area contributed by atoms with Crippen molar-refractivity contribution in [2.24, 2.45) is 0 Å². The van der Waals surface area contributed by atoms with Gasteiger partial charge in [-0.15, -0.1) is 0 Å². The van der Waals surface area contributed by atoms with E-state index in [2.05, 4.69) is 15.1 Å². The third-order valence-corrected chi connectivity index (χ3v) is 4.37. The zero-order chi connectivity index (χ0) is 16.2. The van der Waals surface area contributed by atoms with Crippen LogP contribution in [0.3, 0.4) is 0 Å². The van der Waals surface area contributed by atoms with Gasteiger partial charge in [-0.2, -0.15) is 5.10 Å². The van der Waals surface area contributed by atoms with E-state index in [9.17, 15) is 4.79 Å². The second-order valence-corrected chi connectivity index (χ2v) is 5.93. The van der Waals surface area contributed by atoms with Crippen LogP contribution >= 0.6 is 0 Å². The Labute approximate surface area is 135 Å². The van der Waals surface area contributed by atoms with Crippen molar-refractivity contribution in [2.45, 2.75) is 45.2 Å². The average Bonchev–Trinajstić information content (AvgIpc) is 3.06. The van der Waals surface area contributed by atoms with Crippen LogP contribution in [0.4, 0.5) is 5.95 Å². The Kier molecular flexibility index (Phi) is 4.55. The molecule has 0 aliphatic carbocycles. The van der Waals surface area contributed by atoms with Gasteiger partial charge in [0.2, 0.25) is 5.95 Å². The number of aryl methyl sites for hydroxylation is 2. The Morgan fingerprint density at radius 3 is 3.04 bits per heavy atom. The maximum absolute atomic E-state index is 12.9. The second-order valence-electron chi connectivity index (χ2n) is 5.93. The standard InChI is InChI=1S/C16H22N6O/c1-12-14(11-18-16(17)20-12)15(23)22-9-3-2-5-13(22)6-10-21-8-4-7-19-21/h4,7-8,11,13H,2-3,5-6,9-10H2,1H3,(H2,17,18,20)/t13-/m0/s1. The van der Waals surface area contributed by atoms with Gasteiger partial charge in [-0.3, -0.25) is 9.48 Å². The zero-order valence-corrected chi connectivity index (χ0v) is 13.4. The van der Waals surface area contributed by atoms with E-state index in [1.165, 1.54) is 0 Å². The lowest BCUT2D eigenvalue weighted by Crippen LogP contribution is -2.44. The molecule has 1 atom stereocenters. The summed E-state index contributed by atoms with van der Waals surface area (Å²) < 4.78 is 1.91. The van der Waals surface area contributed by atoms with E-state index >= 15 is 0 Å². The number of hydrogen-bond donors (Lipinski definition) is 1. The zero-order valence-electron chi connectivity index (χ0n) is 13.4. The molecule has 1 fully saturated rings. The number of anilines is 1. The van der Waals surface area contributed by atoms with E-state index in [1.54, 1.807) is 19.3 Å². The minimum Gasteiger partial charge on any atom is -0.368 e. The molecule has 3 heterocycles. The molecule has 0 aromatic carbocycles. The van der Waals surface area contributed by atoms with Crippen molar-refractivity contribution >= 4 is 11.9 Å². The summed E-state index contributed by atoms with van der Waals surface area (Å²) in [6.07, 6.45) is 9.40. The first-order valence-corrected chi connectivity index (χ1v) is 8.02. The quantitative estimate of drug-likeness (QED) is 0.926. The molecule has 0 bridgehead atoms. The molecule has 1 amide bonds. The summed E-state index contributed by atoms with van der Waals surface area (Å²) in [5.74, 6) is 0.209. The molecule has 2 N–H and O–H groups in total. The average molecular weight is 314 g/mol. The summed E-state index contributed by atoms with van der Waals surface area (Å²) in [5.41, 5.74) is 6.76. The summed E-state index contributed by atoms with van der Waals surface area (Å²) in [4.78, 5) is 22.9. The number of rotatable bonds is 4. The second kappa shape index (κ2) is 6.76. The smallest absolute Gasteiger partial charge is 0.257 e. The van der Waals surface area contributed by atoms with E-state index < -0.39 is 0 Å². The first-order chi connectivity index (χ1) is 11.1. The molecule has 0 unspecified atom stereocenters. The summed E-state index contributed by atoms with van der Waals surface area (Å²) in [7, 11) is 0. The number of likely N-dealkylation sites (tertiary alicyclic amines) is 1. The lowest BCUT2D eigenvalue weighted by Gasteiger charge is -2.36. The molecular formula is C16H22N6O. The molecule has 1 aliphatic rings. The highest BCUT2D eigenvalue weighted by Crippen LogP contribution is 2.23. The van der Waals surface area contributed by atoms with Gasteiger partial charge in [-0.05, 0) is 38.7 Å². The monoisotopic (exact) mass is 314 g/mol. The number of carbonyl (C=O) groups is 1. The van der Waals surface area contributed by atoms with E-state index in [-0.39, 0.29) is 17.9 Å². The Morgan fingerprint density at radius 1 is 1.43 bits per heavy atom. The van der Waals surface area contributed by atoms with E-state index in [0.717, 1.165) is 38.8 Å². The summed E-state index contributed by atoms with van der Waals surface area (Å²) in [6.45, 7) is 3.40. The Bertz CT molecular complexity index is 669. The summed E-state index contributed by atoms with van der Waals surface area (Å²) in [6, 6.07) is 2.15. The first-order valence-electron chi connectivity index (χ1n) is 8.02. The van der Waals surface area contributed by atoms with Crippen molar-refractivity contribution in [3.63, 3.8) is 0 Å². The van der Waals surface area contributed by atoms with E-state index in [4.69, 9.17) is 5.73 Å². The highest BCUT2D eigenvalue weighted by Gasteiger charge is 2.28. The SMILES string of the molecule is Cc1nc(N)ncc1C(=O)N1CCCC[C@H]1CCn1cccn1. The molecule has 7 nitrogen and oxygen atoms in total. The molecule has 2 aromatic heterocycles. The third kappa shape index (κ3) is 3.49. The minimum atomic E-state index is 0.00710. The van der Waals surface area contributed by atoms with Crippen molar-refractivity contribution < 1.29 is 4.79 Å². The van der Waals surface area contributed by atoms with Crippen LogP contribution in [0.1, 0.15) is 41.7 Å². The van der Waals surface area contributed by atoms with Gasteiger partial charge in [0.25, 0.3) is 5.91 Å². The lowest BCUT2D eigenvalue weighted by molar-refractivity contribution is 0.0592. The molecule has 0 spiro atoms. The summed E-state index contributed by atoms with van der Waals surface area (Å²) >= 11 is 0. The van der Waals surface area contributed by atoms with Crippen LogP contribution in [0.2, 0.25) is 0 Å². The van der Waals surface area contributed by atoms with Crippen molar-refractivity contribution in [3.8, 4) is 0 Å². The topological polar surface area (TPSA) is 89.9 Å². The van der Waals surface area contributed by atoms with Gasteiger partial charge in [-0.1, -0.05) is 0 Å². The Morgan fingerprint density at radius 2 is 2.30 bits per heavy atom. The van der Waals surface area contributed by atoms with Gasteiger partial charge in [0.05, 0.1) is 11.3 Å². The van der Waals surface area contributed by atoms with Crippen LogP contribution in [-0.4, -0.2) is 43.1 Å². The number of hydrogen-bond acceptors (Lipinski definition) is 5. The van der Waals surface area contributed by atoms with Crippen LogP contribution in [-0.2, 0) is 6.54 Å². The highest BCUT2D eigenvalue weighted by atomic mass is 16.2. The fourth-order valence-electron chi connectivity index (χ4n) is 3.13. The molecule has 3 rings (SSSR count). The molecule has 23 heavy (non-hydrogen) atoms. The number of nitrogen functional groups attached to an aromatic ring is 1.